The van der Waals surface area contributed by atoms with Crippen molar-refractivity contribution < 1.29 is 8.42 Å². The van der Waals surface area contributed by atoms with Crippen molar-refractivity contribution in [1.29, 1.82) is 0 Å². The van der Waals surface area contributed by atoms with Crippen LogP contribution in [-0.4, -0.2) is 62.4 Å². The first-order chi connectivity index (χ1) is 9.90. The average molecular weight is 329 g/mol. The Hall–Kier alpha value is -0.760. The van der Waals surface area contributed by atoms with E-state index in [0.717, 1.165) is 11.3 Å². The Morgan fingerprint density at radius 1 is 1.38 bits per heavy atom. The van der Waals surface area contributed by atoms with Crippen molar-refractivity contribution in [2.24, 2.45) is 0 Å². The lowest BCUT2D eigenvalue weighted by molar-refractivity contribution is 0.302. The van der Waals surface area contributed by atoms with E-state index in [0.29, 0.717) is 30.6 Å². The van der Waals surface area contributed by atoms with Crippen LogP contribution in [0.1, 0.15) is 6.42 Å². The highest BCUT2D eigenvalue weighted by atomic mass is 32.2. The largest absolute Gasteiger partial charge is 0.398 e. The highest BCUT2D eigenvalue weighted by molar-refractivity contribution is 8.00. The second-order valence-corrected chi connectivity index (χ2v) is 8.69. The van der Waals surface area contributed by atoms with Crippen LogP contribution in [0.25, 0.3) is 0 Å². The Balaban J connectivity index is 1.86. The first kappa shape index (κ1) is 16.6. The van der Waals surface area contributed by atoms with Gasteiger partial charge in [-0.3, -0.25) is 0 Å². The van der Waals surface area contributed by atoms with Crippen LogP contribution in [0.2, 0.25) is 0 Å². The van der Waals surface area contributed by atoms with Crippen LogP contribution in [0.4, 0.5) is 5.69 Å². The summed E-state index contributed by atoms with van der Waals surface area (Å²) in [6.45, 7) is 1.23. The number of nitrogens with two attached hydrogens (primary N) is 1. The predicted molar refractivity (Wildman–Crippen MR) is 89.0 cm³/mol. The van der Waals surface area contributed by atoms with Gasteiger partial charge in [-0.05, 0) is 32.6 Å². The fraction of sp³-hybridized carbons (Fsp3) is 0.571. The highest BCUT2D eigenvalue weighted by Gasteiger charge is 2.31. The molecular weight excluding hydrogens is 306 g/mol. The Labute approximate surface area is 131 Å². The Morgan fingerprint density at radius 3 is 2.71 bits per heavy atom. The van der Waals surface area contributed by atoms with Gasteiger partial charge in [0.25, 0.3) is 0 Å². The molecule has 0 saturated carbocycles. The quantitative estimate of drug-likeness (QED) is 0.630. The second kappa shape index (κ2) is 7.00. The summed E-state index contributed by atoms with van der Waals surface area (Å²) in [5, 5.41) is 0. The summed E-state index contributed by atoms with van der Waals surface area (Å²) < 4.78 is 26.3. The van der Waals surface area contributed by atoms with Gasteiger partial charge in [0.2, 0.25) is 10.0 Å². The molecule has 1 unspecified atom stereocenters. The number of anilines is 1. The molecule has 0 aliphatic carbocycles. The van der Waals surface area contributed by atoms with E-state index in [2.05, 4.69) is 4.90 Å². The SMILES string of the molecule is CN(C)C1CCN(S(=O)(=O)CCSc2ccccc2N)C1. The molecule has 2 N–H and O–H groups in total. The first-order valence-electron chi connectivity index (χ1n) is 7.01. The molecule has 0 bridgehead atoms. The van der Waals surface area contributed by atoms with Crippen LogP contribution in [0.5, 0.6) is 0 Å². The summed E-state index contributed by atoms with van der Waals surface area (Å²) in [6, 6.07) is 7.87. The lowest BCUT2D eigenvalue weighted by atomic mass is 10.2. The number of nitrogens with zero attached hydrogens (tertiary/aromatic N) is 2. The van der Waals surface area contributed by atoms with E-state index in [1.807, 2.05) is 38.4 Å². The molecule has 1 aliphatic rings. The first-order valence-corrected chi connectivity index (χ1v) is 9.61. The zero-order valence-corrected chi connectivity index (χ0v) is 14.2. The van der Waals surface area contributed by atoms with E-state index in [9.17, 15) is 8.42 Å². The van der Waals surface area contributed by atoms with Gasteiger partial charge in [0, 0.05) is 35.5 Å². The van der Waals surface area contributed by atoms with Crippen molar-refractivity contribution >= 4 is 27.5 Å². The molecular formula is C14H23N3O2S2. The molecule has 5 nitrogen and oxygen atoms in total. The van der Waals surface area contributed by atoms with E-state index < -0.39 is 10.0 Å². The molecule has 1 aliphatic heterocycles. The van der Waals surface area contributed by atoms with Gasteiger partial charge >= 0.3 is 0 Å². The van der Waals surface area contributed by atoms with Gasteiger partial charge in [0.1, 0.15) is 0 Å². The number of para-hydroxylation sites is 1. The fourth-order valence-corrected chi connectivity index (χ4v) is 5.23. The molecule has 1 saturated heterocycles. The zero-order chi connectivity index (χ0) is 15.5. The van der Waals surface area contributed by atoms with E-state index in [4.69, 9.17) is 5.73 Å². The van der Waals surface area contributed by atoms with Gasteiger partial charge < -0.3 is 10.6 Å². The lowest BCUT2D eigenvalue weighted by Gasteiger charge is -2.20. The van der Waals surface area contributed by atoms with Crippen LogP contribution in [0.15, 0.2) is 29.2 Å². The average Bonchev–Trinajstić information content (AvgIpc) is 2.91. The number of hydrogen-bond acceptors (Lipinski definition) is 5. The maximum atomic E-state index is 12.3. The number of hydrogen-bond donors (Lipinski definition) is 1. The maximum absolute atomic E-state index is 12.3. The van der Waals surface area contributed by atoms with Gasteiger partial charge in [-0.15, -0.1) is 11.8 Å². The van der Waals surface area contributed by atoms with Gasteiger partial charge in [-0.2, -0.15) is 0 Å². The number of likely N-dealkylation sites (N-methyl/N-ethyl adjacent to an activating group) is 1. The number of nitrogen functional groups attached to an aromatic ring is 1. The molecule has 7 heteroatoms. The third-order valence-corrected chi connectivity index (χ3v) is 6.96. The molecule has 1 aromatic carbocycles. The molecule has 1 heterocycles. The molecule has 2 rings (SSSR count). The molecule has 1 aromatic rings. The number of rotatable bonds is 6. The summed E-state index contributed by atoms with van der Waals surface area (Å²) in [5.41, 5.74) is 6.56. The third-order valence-electron chi connectivity index (χ3n) is 3.77. The van der Waals surface area contributed by atoms with E-state index in [-0.39, 0.29) is 5.75 Å². The Kier molecular flexibility index (Phi) is 5.54. The van der Waals surface area contributed by atoms with Crippen molar-refractivity contribution in [1.82, 2.24) is 9.21 Å². The van der Waals surface area contributed by atoms with Crippen molar-refractivity contribution in [3.05, 3.63) is 24.3 Å². The lowest BCUT2D eigenvalue weighted by Crippen LogP contribution is -2.36. The Bertz CT molecular complexity index is 575. The number of thioether (sulfide) groups is 1. The molecule has 118 valence electrons. The molecule has 1 fully saturated rings. The van der Waals surface area contributed by atoms with Crippen molar-refractivity contribution in [3.8, 4) is 0 Å². The predicted octanol–water partition coefficient (Wildman–Crippen LogP) is 1.33. The van der Waals surface area contributed by atoms with Gasteiger partial charge in [0.05, 0.1) is 5.75 Å². The topological polar surface area (TPSA) is 66.6 Å². The van der Waals surface area contributed by atoms with E-state index in [1.54, 1.807) is 4.31 Å². The molecule has 0 spiro atoms. The fourth-order valence-electron chi connectivity index (χ4n) is 2.38. The van der Waals surface area contributed by atoms with E-state index >= 15 is 0 Å². The Morgan fingerprint density at radius 2 is 2.10 bits per heavy atom. The van der Waals surface area contributed by atoms with Crippen LogP contribution < -0.4 is 5.73 Å². The normalized spacial score (nSPS) is 20.2. The van der Waals surface area contributed by atoms with E-state index in [1.165, 1.54) is 11.8 Å². The van der Waals surface area contributed by atoms with Crippen molar-refractivity contribution in [2.45, 2.75) is 17.4 Å². The van der Waals surface area contributed by atoms with Gasteiger partial charge in [-0.25, -0.2) is 12.7 Å². The minimum absolute atomic E-state index is 0.159. The second-order valence-electron chi connectivity index (χ2n) is 5.47. The summed E-state index contributed by atoms with van der Waals surface area (Å²) >= 11 is 1.50. The van der Waals surface area contributed by atoms with Crippen LogP contribution in [0.3, 0.4) is 0 Å². The van der Waals surface area contributed by atoms with Gasteiger partial charge in [0.15, 0.2) is 0 Å². The molecule has 0 aromatic heterocycles. The number of sulfonamides is 1. The van der Waals surface area contributed by atoms with Gasteiger partial charge in [-0.1, -0.05) is 12.1 Å². The molecule has 0 amide bonds. The summed E-state index contributed by atoms with van der Waals surface area (Å²) in [6.07, 6.45) is 0.908. The monoisotopic (exact) mass is 329 g/mol. The van der Waals surface area contributed by atoms with Crippen LogP contribution in [-0.2, 0) is 10.0 Å². The number of benzene rings is 1. The van der Waals surface area contributed by atoms with Crippen LogP contribution in [0, 0.1) is 0 Å². The molecule has 1 atom stereocenters. The van der Waals surface area contributed by atoms with Crippen molar-refractivity contribution in [2.75, 3.05) is 44.4 Å². The molecule has 21 heavy (non-hydrogen) atoms. The third kappa shape index (κ3) is 4.35. The smallest absolute Gasteiger partial charge is 0.214 e. The minimum atomic E-state index is -3.16. The summed E-state index contributed by atoms with van der Waals surface area (Å²) in [7, 11) is 0.825. The highest BCUT2D eigenvalue weighted by Crippen LogP contribution is 2.25. The zero-order valence-electron chi connectivity index (χ0n) is 12.5. The summed E-state index contributed by atoms with van der Waals surface area (Å²) in [4.78, 5) is 3.04. The maximum Gasteiger partial charge on any atom is 0.214 e. The minimum Gasteiger partial charge on any atom is -0.398 e. The standard InChI is InChI=1S/C14H23N3O2S2/c1-16(2)12-7-8-17(11-12)21(18,19)10-9-20-14-6-4-3-5-13(14)15/h3-6,12H,7-11,15H2,1-2H3. The summed E-state index contributed by atoms with van der Waals surface area (Å²) in [5.74, 6) is 0.686. The van der Waals surface area contributed by atoms with Crippen LogP contribution >= 0.6 is 11.8 Å². The molecule has 0 radical (unpaired) electrons. The van der Waals surface area contributed by atoms with Crippen molar-refractivity contribution in [3.63, 3.8) is 0 Å².